The Labute approximate surface area is 126 Å². The van der Waals surface area contributed by atoms with Gasteiger partial charge in [0.2, 0.25) is 0 Å². The van der Waals surface area contributed by atoms with Gasteiger partial charge in [0.15, 0.2) is 0 Å². The first-order valence-electron chi connectivity index (χ1n) is 7.41. The molecular formula is C16H25NO2S. The lowest BCUT2D eigenvalue weighted by Gasteiger charge is -2.10. The van der Waals surface area contributed by atoms with Gasteiger partial charge >= 0.3 is 0 Å². The third-order valence-electron chi connectivity index (χ3n) is 3.46. The van der Waals surface area contributed by atoms with Crippen LogP contribution < -0.4 is 5.32 Å². The lowest BCUT2D eigenvalue weighted by atomic mass is 10.2. The normalized spacial score (nSPS) is 18.6. The monoisotopic (exact) mass is 295 g/mol. The Kier molecular flexibility index (Phi) is 7.44. The Morgan fingerprint density at radius 2 is 2.20 bits per heavy atom. The predicted octanol–water partition coefficient (Wildman–Crippen LogP) is 3.08. The first-order chi connectivity index (χ1) is 9.88. The van der Waals surface area contributed by atoms with Crippen molar-refractivity contribution in [3.05, 3.63) is 29.8 Å². The summed E-state index contributed by atoms with van der Waals surface area (Å²) in [6.45, 7) is 4.41. The molecule has 1 unspecified atom stereocenters. The molecule has 1 aliphatic rings. The molecule has 20 heavy (non-hydrogen) atoms. The van der Waals surface area contributed by atoms with Crippen LogP contribution in [0.4, 0.5) is 0 Å². The van der Waals surface area contributed by atoms with Gasteiger partial charge in [-0.25, -0.2) is 0 Å². The first-order valence-corrected chi connectivity index (χ1v) is 8.64. The Balaban J connectivity index is 1.46. The predicted molar refractivity (Wildman–Crippen MR) is 84.3 cm³/mol. The highest BCUT2D eigenvalue weighted by atomic mass is 32.2. The van der Waals surface area contributed by atoms with Gasteiger partial charge in [-0.15, -0.1) is 11.8 Å². The summed E-state index contributed by atoms with van der Waals surface area (Å²) in [5.74, 6) is 0. The number of hydrogen-bond acceptors (Lipinski definition) is 4. The molecule has 0 spiro atoms. The van der Waals surface area contributed by atoms with E-state index in [1.54, 1.807) is 11.8 Å². The molecule has 0 saturated carbocycles. The van der Waals surface area contributed by atoms with Gasteiger partial charge in [-0.2, -0.15) is 0 Å². The Hall–Kier alpha value is -0.550. The van der Waals surface area contributed by atoms with Crippen LogP contribution in [0.15, 0.2) is 29.2 Å². The maximum atomic E-state index is 5.63. The molecule has 2 rings (SSSR count). The summed E-state index contributed by atoms with van der Waals surface area (Å²) in [6, 6.07) is 8.72. The molecule has 1 atom stereocenters. The van der Waals surface area contributed by atoms with E-state index in [9.17, 15) is 0 Å². The number of hydrogen-bond donors (Lipinski definition) is 1. The standard InChI is InChI=1S/C16H25NO2S/c1-20-16-7-5-14(6-8-16)12-17-9-3-10-18-13-15-4-2-11-19-15/h5-8,15,17H,2-4,9-13H2,1H3. The van der Waals surface area contributed by atoms with Gasteiger partial charge in [0.05, 0.1) is 12.7 Å². The van der Waals surface area contributed by atoms with Gasteiger partial charge in [0.25, 0.3) is 0 Å². The molecule has 1 aliphatic heterocycles. The minimum atomic E-state index is 0.345. The van der Waals surface area contributed by atoms with E-state index >= 15 is 0 Å². The van der Waals surface area contributed by atoms with E-state index in [1.165, 1.54) is 16.9 Å². The second-order valence-electron chi connectivity index (χ2n) is 5.09. The van der Waals surface area contributed by atoms with Crippen molar-refractivity contribution in [2.24, 2.45) is 0 Å². The van der Waals surface area contributed by atoms with E-state index in [2.05, 4.69) is 35.8 Å². The van der Waals surface area contributed by atoms with Crippen LogP contribution in [-0.2, 0) is 16.0 Å². The number of ether oxygens (including phenoxy) is 2. The summed E-state index contributed by atoms with van der Waals surface area (Å²) in [5, 5.41) is 3.45. The molecule has 1 heterocycles. The van der Waals surface area contributed by atoms with Gasteiger partial charge in [-0.3, -0.25) is 0 Å². The number of nitrogens with one attached hydrogen (secondary N) is 1. The van der Waals surface area contributed by atoms with Crippen molar-refractivity contribution in [3.63, 3.8) is 0 Å². The number of rotatable bonds is 9. The molecule has 1 aromatic rings. The Morgan fingerprint density at radius 1 is 1.35 bits per heavy atom. The van der Waals surface area contributed by atoms with Crippen LogP contribution >= 0.6 is 11.8 Å². The minimum absolute atomic E-state index is 0.345. The zero-order valence-electron chi connectivity index (χ0n) is 12.3. The van der Waals surface area contributed by atoms with Crippen LogP contribution in [0, 0.1) is 0 Å². The molecule has 0 radical (unpaired) electrons. The van der Waals surface area contributed by atoms with Gasteiger partial charge in [-0.05, 0) is 49.8 Å². The second kappa shape index (κ2) is 9.40. The summed E-state index contributed by atoms with van der Waals surface area (Å²) in [5.41, 5.74) is 1.34. The molecule has 1 fully saturated rings. The molecule has 1 saturated heterocycles. The van der Waals surface area contributed by atoms with Crippen molar-refractivity contribution >= 4 is 11.8 Å². The van der Waals surface area contributed by atoms with E-state index in [0.717, 1.165) is 45.8 Å². The van der Waals surface area contributed by atoms with Crippen molar-refractivity contribution in [2.75, 3.05) is 32.6 Å². The van der Waals surface area contributed by atoms with Gasteiger partial charge in [0.1, 0.15) is 0 Å². The smallest absolute Gasteiger partial charge is 0.0809 e. The number of thioether (sulfide) groups is 1. The Morgan fingerprint density at radius 3 is 2.90 bits per heavy atom. The molecule has 0 aromatic heterocycles. The molecule has 4 heteroatoms. The molecule has 1 N–H and O–H groups in total. The van der Waals surface area contributed by atoms with Crippen LogP contribution in [0.5, 0.6) is 0 Å². The average Bonchev–Trinajstić information content (AvgIpc) is 3.00. The summed E-state index contributed by atoms with van der Waals surface area (Å²) >= 11 is 1.78. The lowest BCUT2D eigenvalue weighted by Crippen LogP contribution is -2.18. The molecule has 0 aliphatic carbocycles. The van der Waals surface area contributed by atoms with Crippen molar-refractivity contribution in [2.45, 2.75) is 36.8 Å². The highest BCUT2D eigenvalue weighted by molar-refractivity contribution is 7.98. The van der Waals surface area contributed by atoms with E-state index in [0.29, 0.717) is 6.10 Å². The second-order valence-corrected chi connectivity index (χ2v) is 5.97. The molecule has 1 aromatic carbocycles. The van der Waals surface area contributed by atoms with E-state index in [-0.39, 0.29) is 0 Å². The lowest BCUT2D eigenvalue weighted by molar-refractivity contribution is 0.0166. The quantitative estimate of drug-likeness (QED) is 0.560. The summed E-state index contributed by atoms with van der Waals surface area (Å²) in [7, 11) is 0. The number of benzene rings is 1. The minimum Gasteiger partial charge on any atom is -0.379 e. The highest BCUT2D eigenvalue weighted by Gasteiger charge is 2.14. The van der Waals surface area contributed by atoms with E-state index < -0.39 is 0 Å². The van der Waals surface area contributed by atoms with Crippen LogP contribution in [0.1, 0.15) is 24.8 Å². The maximum absolute atomic E-state index is 5.63. The Bertz CT molecular complexity index is 363. The zero-order valence-corrected chi connectivity index (χ0v) is 13.1. The van der Waals surface area contributed by atoms with Gasteiger partial charge < -0.3 is 14.8 Å². The van der Waals surface area contributed by atoms with Crippen molar-refractivity contribution < 1.29 is 9.47 Å². The van der Waals surface area contributed by atoms with Crippen molar-refractivity contribution in [1.82, 2.24) is 5.32 Å². The third-order valence-corrected chi connectivity index (χ3v) is 4.20. The van der Waals surface area contributed by atoms with Crippen LogP contribution in [0.2, 0.25) is 0 Å². The fraction of sp³-hybridized carbons (Fsp3) is 0.625. The topological polar surface area (TPSA) is 30.5 Å². The fourth-order valence-electron chi connectivity index (χ4n) is 2.27. The van der Waals surface area contributed by atoms with Crippen molar-refractivity contribution in [3.8, 4) is 0 Å². The van der Waals surface area contributed by atoms with Crippen LogP contribution in [0.3, 0.4) is 0 Å². The van der Waals surface area contributed by atoms with Crippen LogP contribution in [-0.4, -0.2) is 38.7 Å². The fourth-order valence-corrected chi connectivity index (χ4v) is 2.67. The largest absolute Gasteiger partial charge is 0.379 e. The highest BCUT2D eigenvalue weighted by Crippen LogP contribution is 2.14. The first kappa shape index (κ1) is 15.8. The summed E-state index contributed by atoms with van der Waals surface area (Å²) in [4.78, 5) is 1.32. The maximum Gasteiger partial charge on any atom is 0.0809 e. The summed E-state index contributed by atoms with van der Waals surface area (Å²) in [6.07, 6.45) is 5.84. The molecule has 3 nitrogen and oxygen atoms in total. The SMILES string of the molecule is CSc1ccc(CNCCCOCC2CCCO2)cc1. The molecular weight excluding hydrogens is 270 g/mol. The molecule has 0 amide bonds. The molecule has 112 valence electrons. The zero-order chi connectivity index (χ0) is 14.0. The van der Waals surface area contributed by atoms with Crippen LogP contribution in [0.25, 0.3) is 0 Å². The van der Waals surface area contributed by atoms with E-state index in [4.69, 9.17) is 9.47 Å². The van der Waals surface area contributed by atoms with Gasteiger partial charge in [-0.1, -0.05) is 12.1 Å². The van der Waals surface area contributed by atoms with Gasteiger partial charge in [0, 0.05) is 24.7 Å². The average molecular weight is 295 g/mol. The summed E-state index contributed by atoms with van der Waals surface area (Å²) < 4.78 is 11.1. The van der Waals surface area contributed by atoms with Crippen molar-refractivity contribution in [1.29, 1.82) is 0 Å². The molecule has 0 bridgehead atoms. The van der Waals surface area contributed by atoms with E-state index in [1.807, 2.05) is 0 Å². The third kappa shape index (κ3) is 5.83.